The van der Waals surface area contributed by atoms with E-state index >= 15 is 0 Å². The second-order valence-electron chi connectivity index (χ2n) is 4.36. The number of carbonyl (C=O) groups excluding carboxylic acids is 1. The molecule has 0 saturated heterocycles. The predicted octanol–water partition coefficient (Wildman–Crippen LogP) is 4.87. The number of carbonyl (C=O) groups is 1. The van der Waals surface area contributed by atoms with E-state index in [2.05, 4.69) is 5.32 Å². The van der Waals surface area contributed by atoms with Gasteiger partial charge in [0.25, 0.3) is 0 Å². The molecule has 0 saturated carbocycles. The van der Waals surface area contributed by atoms with Crippen molar-refractivity contribution in [2.24, 2.45) is 0 Å². The van der Waals surface area contributed by atoms with Crippen LogP contribution in [0.1, 0.15) is 5.56 Å². The quantitative estimate of drug-likeness (QED) is 0.863. The predicted molar refractivity (Wildman–Crippen MR) is 78.1 cm³/mol. The van der Waals surface area contributed by atoms with E-state index in [-0.39, 0.29) is 22.3 Å². The van der Waals surface area contributed by atoms with Gasteiger partial charge in [-0.15, -0.1) is 0 Å². The Morgan fingerprint density at radius 2 is 1.83 bits per heavy atom. The first-order valence-electron chi connectivity index (χ1n) is 6.34. The Bertz CT molecular complexity index is 719. The summed E-state index contributed by atoms with van der Waals surface area (Å²) in [7, 11) is 1.41. The van der Waals surface area contributed by atoms with Crippen LogP contribution in [0.25, 0.3) is 0 Å². The van der Waals surface area contributed by atoms with Crippen LogP contribution in [0.5, 0.6) is 17.2 Å². The summed E-state index contributed by atoms with van der Waals surface area (Å²) >= 11 is 5.81. The topological polar surface area (TPSA) is 47.6 Å². The van der Waals surface area contributed by atoms with E-state index in [1.807, 2.05) is 0 Å². The smallest absolute Gasteiger partial charge is 0.416 e. The summed E-state index contributed by atoms with van der Waals surface area (Å²) < 4.78 is 48.1. The Hall–Kier alpha value is -2.41. The molecule has 1 N–H and O–H groups in total. The molecule has 0 fully saturated rings. The van der Waals surface area contributed by atoms with E-state index in [1.54, 1.807) is 12.1 Å². The maximum atomic E-state index is 12.6. The highest BCUT2D eigenvalue weighted by Gasteiger charge is 2.31. The summed E-state index contributed by atoms with van der Waals surface area (Å²) in [6, 6.07) is 8.81. The van der Waals surface area contributed by atoms with Crippen molar-refractivity contribution in [3.63, 3.8) is 0 Å². The minimum Gasteiger partial charge on any atom is -0.456 e. The van der Waals surface area contributed by atoms with Crippen molar-refractivity contribution in [1.29, 1.82) is 0 Å². The Morgan fingerprint density at radius 1 is 1.13 bits per heavy atom. The molecule has 23 heavy (non-hydrogen) atoms. The van der Waals surface area contributed by atoms with Crippen LogP contribution in [0.3, 0.4) is 0 Å². The number of halogens is 4. The molecule has 1 amide bonds. The van der Waals surface area contributed by atoms with Gasteiger partial charge in [-0.25, -0.2) is 4.79 Å². The van der Waals surface area contributed by atoms with Gasteiger partial charge in [-0.2, -0.15) is 13.2 Å². The lowest BCUT2D eigenvalue weighted by molar-refractivity contribution is -0.137. The van der Waals surface area contributed by atoms with Gasteiger partial charge >= 0.3 is 12.3 Å². The molecule has 0 radical (unpaired) electrons. The molecule has 4 nitrogen and oxygen atoms in total. The molecule has 0 aliphatic carbocycles. The van der Waals surface area contributed by atoms with Crippen LogP contribution in [-0.2, 0) is 6.18 Å². The van der Waals surface area contributed by atoms with Crippen LogP contribution in [-0.4, -0.2) is 13.1 Å². The van der Waals surface area contributed by atoms with E-state index in [0.29, 0.717) is 0 Å². The molecule has 122 valence electrons. The van der Waals surface area contributed by atoms with E-state index in [4.69, 9.17) is 21.1 Å². The lowest BCUT2D eigenvalue weighted by Crippen LogP contribution is -2.21. The minimum atomic E-state index is -4.48. The Labute approximate surface area is 134 Å². The van der Waals surface area contributed by atoms with Crippen molar-refractivity contribution in [1.82, 2.24) is 5.32 Å². The molecule has 2 rings (SSSR count). The van der Waals surface area contributed by atoms with E-state index < -0.39 is 17.8 Å². The number of rotatable bonds is 3. The molecule has 0 aliphatic rings. The number of benzene rings is 2. The van der Waals surface area contributed by atoms with Crippen molar-refractivity contribution < 1.29 is 27.4 Å². The van der Waals surface area contributed by atoms with Crippen molar-refractivity contribution >= 4 is 17.7 Å². The molecular weight excluding hydrogens is 335 g/mol. The van der Waals surface area contributed by atoms with Crippen molar-refractivity contribution in [2.45, 2.75) is 6.18 Å². The summed E-state index contributed by atoms with van der Waals surface area (Å²) in [5, 5.41) is 2.10. The molecule has 0 atom stereocenters. The first-order chi connectivity index (χ1) is 10.8. The van der Waals surface area contributed by atoms with Crippen LogP contribution in [0.15, 0.2) is 42.5 Å². The van der Waals surface area contributed by atoms with Gasteiger partial charge in [0.2, 0.25) is 0 Å². The maximum absolute atomic E-state index is 12.6. The van der Waals surface area contributed by atoms with Crippen LogP contribution in [0, 0.1) is 0 Å². The maximum Gasteiger partial charge on any atom is 0.416 e. The van der Waals surface area contributed by atoms with Gasteiger partial charge in [-0.1, -0.05) is 17.7 Å². The van der Waals surface area contributed by atoms with Gasteiger partial charge in [0.05, 0.1) is 10.6 Å². The Balaban J connectivity index is 2.19. The van der Waals surface area contributed by atoms with E-state index in [0.717, 1.165) is 18.2 Å². The third kappa shape index (κ3) is 4.53. The first-order valence-corrected chi connectivity index (χ1v) is 6.71. The number of hydrogen-bond donors (Lipinski definition) is 1. The largest absolute Gasteiger partial charge is 0.456 e. The SMILES string of the molecule is CNC(=O)Oc1cccc(Oc2ccc(C(F)(F)F)cc2Cl)c1. The van der Waals surface area contributed by atoms with Gasteiger partial charge in [0, 0.05) is 13.1 Å². The van der Waals surface area contributed by atoms with Gasteiger partial charge < -0.3 is 14.8 Å². The highest BCUT2D eigenvalue weighted by Crippen LogP contribution is 2.36. The molecule has 0 heterocycles. The second kappa shape index (κ2) is 6.78. The zero-order chi connectivity index (χ0) is 17.0. The number of alkyl halides is 3. The number of amides is 1. The lowest BCUT2D eigenvalue weighted by atomic mass is 10.2. The van der Waals surface area contributed by atoms with Crippen LogP contribution < -0.4 is 14.8 Å². The van der Waals surface area contributed by atoms with Crippen LogP contribution in [0.4, 0.5) is 18.0 Å². The summed E-state index contributed by atoms with van der Waals surface area (Å²) in [4.78, 5) is 11.1. The van der Waals surface area contributed by atoms with Gasteiger partial charge in [0.1, 0.15) is 17.2 Å². The summed E-state index contributed by atoms with van der Waals surface area (Å²) in [5.41, 5.74) is -0.869. The van der Waals surface area contributed by atoms with E-state index in [1.165, 1.54) is 19.2 Å². The third-order valence-corrected chi connectivity index (χ3v) is 3.00. The van der Waals surface area contributed by atoms with Gasteiger partial charge in [-0.3, -0.25) is 0 Å². The monoisotopic (exact) mass is 345 g/mol. The van der Waals surface area contributed by atoms with Crippen LogP contribution >= 0.6 is 11.6 Å². The average Bonchev–Trinajstić information content (AvgIpc) is 2.48. The summed E-state index contributed by atoms with van der Waals surface area (Å²) in [6.45, 7) is 0. The Morgan fingerprint density at radius 3 is 2.43 bits per heavy atom. The molecule has 0 unspecified atom stereocenters. The summed E-state index contributed by atoms with van der Waals surface area (Å²) in [6.07, 6.45) is -5.14. The molecule has 0 aromatic heterocycles. The molecule has 8 heteroatoms. The van der Waals surface area contributed by atoms with Crippen molar-refractivity contribution in [2.75, 3.05) is 7.05 Å². The minimum absolute atomic E-state index is 0.0526. The molecule has 0 bridgehead atoms. The highest BCUT2D eigenvalue weighted by atomic mass is 35.5. The zero-order valence-electron chi connectivity index (χ0n) is 11.8. The summed E-state index contributed by atoms with van der Waals surface area (Å²) in [5.74, 6) is 0.523. The number of nitrogens with one attached hydrogen (secondary N) is 1. The zero-order valence-corrected chi connectivity index (χ0v) is 12.5. The molecular formula is C15H11ClF3NO3. The van der Waals surface area contributed by atoms with Crippen molar-refractivity contribution in [3.05, 3.63) is 53.1 Å². The fourth-order valence-corrected chi connectivity index (χ4v) is 1.87. The Kier molecular flexibility index (Phi) is 5.00. The molecule has 2 aromatic rings. The normalized spacial score (nSPS) is 11.0. The fraction of sp³-hybridized carbons (Fsp3) is 0.133. The van der Waals surface area contributed by atoms with Gasteiger partial charge in [-0.05, 0) is 30.3 Å². The molecule has 0 spiro atoms. The third-order valence-electron chi connectivity index (χ3n) is 2.71. The van der Waals surface area contributed by atoms with Crippen LogP contribution in [0.2, 0.25) is 5.02 Å². The standard InChI is InChI=1S/C15H11ClF3NO3/c1-20-14(21)23-11-4-2-3-10(8-11)22-13-6-5-9(7-12(13)16)15(17,18)19/h2-8H,1H3,(H,20,21). The first kappa shape index (κ1) is 17.0. The molecule has 0 aliphatic heterocycles. The lowest BCUT2D eigenvalue weighted by Gasteiger charge is -2.11. The number of hydrogen-bond acceptors (Lipinski definition) is 3. The molecule has 2 aromatic carbocycles. The fourth-order valence-electron chi connectivity index (χ4n) is 1.65. The van der Waals surface area contributed by atoms with E-state index in [9.17, 15) is 18.0 Å². The second-order valence-corrected chi connectivity index (χ2v) is 4.77. The average molecular weight is 346 g/mol. The number of ether oxygens (including phenoxy) is 2. The van der Waals surface area contributed by atoms with Crippen molar-refractivity contribution in [3.8, 4) is 17.2 Å². The van der Waals surface area contributed by atoms with Gasteiger partial charge in [0.15, 0.2) is 0 Å². The highest BCUT2D eigenvalue weighted by molar-refractivity contribution is 6.32.